The van der Waals surface area contributed by atoms with Crippen LogP contribution in [0.2, 0.25) is 0 Å². The molecule has 0 saturated heterocycles. The fraction of sp³-hybridized carbons (Fsp3) is 0.400. The summed E-state index contributed by atoms with van der Waals surface area (Å²) in [6, 6.07) is 7.36. The zero-order valence-electron chi connectivity index (χ0n) is 10.7. The molecule has 0 aliphatic heterocycles. The summed E-state index contributed by atoms with van der Waals surface area (Å²) >= 11 is 3.36. The van der Waals surface area contributed by atoms with Crippen molar-refractivity contribution < 1.29 is 4.79 Å². The molecule has 19 heavy (non-hydrogen) atoms. The molecule has 0 unspecified atom stereocenters. The lowest BCUT2D eigenvalue weighted by Gasteiger charge is -2.13. The van der Waals surface area contributed by atoms with Crippen LogP contribution in [0.25, 0.3) is 0 Å². The van der Waals surface area contributed by atoms with Gasteiger partial charge in [-0.25, -0.2) is 0 Å². The van der Waals surface area contributed by atoms with E-state index in [0.29, 0.717) is 5.56 Å². The highest BCUT2D eigenvalue weighted by Crippen LogP contribution is 2.47. The SMILES string of the molecule is O=C(NN/C=C1/C[C@H]2CC[C@H]1C2)c1cccc(Br)c1. The molecule has 1 amide bonds. The number of fused-ring (bicyclic) bond motifs is 2. The van der Waals surface area contributed by atoms with E-state index < -0.39 is 0 Å². The Hall–Kier alpha value is -1.29. The van der Waals surface area contributed by atoms with E-state index in [1.54, 1.807) is 6.07 Å². The summed E-state index contributed by atoms with van der Waals surface area (Å²) in [5.41, 5.74) is 7.79. The van der Waals surface area contributed by atoms with Gasteiger partial charge < -0.3 is 5.43 Å². The largest absolute Gasteiger partial charge is 0.306 e. The molecule has 2 saturated carbocycles. The third-order valence-corrected chi connectivity index (χ3v) is 4.61. The van der Waals surface area contributed by atoms with E-state index in [1.165, 1.54) is 31.3 Å². The molecule has 2 bridgehead atoms. The van der Waals surface area contributed by atoms with Crippen LogP contribution < -0.4 is 10.9 Å². The highest BCUT2D eigenvalue weighted by Gasteiger charge is 2.35. The number of nitrogens with one attached hydrogen (secondary N) is 2. The summed E-state index contributed by atoms with van der Waals surface area (Å²) in [6.07, 6.45) is 7.22. The lowest BCUT2D eigenvalue weighted by Crippen LogP contribution is -2.34. The van der Waals surface area contributed by atoms with Crippen LogP contribution in [0.3, 0.4) is 0 Å². The van der Waals surface area contributed by atoms with Gasteiger partial charge in [-0.15, -0.1) is 0 Å². The second-order valence-corrected chi connectivity index (χ2v) is 6.32. The first-order chi connectivity index (χ1) is 9.22. The molecule has 3 rings (SSSR count). The number of benzene rings is 1. The first kappa shape index (κ1) is 12.7. The minimum Gasteiger partial charge on any atom is -0.306 e. The van der Waals surface area contributed by atoms with Crippen molar-refractivity contribution in [2.24, 2.45) is 11.8 Å². The van der Waals surface area contributed by atoms with Gasteiger partial charge in [-0.2, -0.15) is 0 Å². The third kappa shape index (κ3) is 2.84. The predicted molar refractivity (Wildman–Crippen MR) is 78.3 cm³/mol. The molecule has 0 spiro atoms. The molecule has 1 aromatic carbocycles. The van der Waals surface area contributed by atoms with Gasteiger partial charge in [0.25, 0.3) is 5.91 Å². The summed E-state index contributed by atoms with van der Waals surface area (Å²) in [7, 11) is 0. The maximum atomic E-state index is 11.9. The molecule has 0 heterocycles. The molecule has 2 atom stereocenters. The van der Waals surface area contributed by atoms with Crippen molar-refractivity contribution in [2.75, 3.05) is 0 Å². The van der Waals surface area contributed by atoms with Gasteiger partial charge in [-0.1, -0.05) is 22.0 Å². The van der Waals surface area contributed by atoms with E-state index in [9.17, 15) is 4.79 Å². The topological polar surface area (TPSA) is 41.1 Å². The fourth-order valence-electron chi connectivity index (χ4n) is 3.17. The van der Waals surface area contributed by atoms with E-state index in [1.807, 2.05) is 24.4 Å². The summed E-state index contributed by atoms with van der Waals surface area (Å²) in [5, 5.41) is 0. The number of carbonyl (C=O) groups excluding carboxylic acids is 1. The molecule has 0 radical (unpaired) electrons. The maximum Gasteiger partial charge on any atom is 0.269 e. The minimum atomic E-state index is -0.110. The fourth-order valence-corrected chi connectivity index (χ4v) is 3.57. The van der Waals surface area contributed by atoms with Gasteiger partial charge >= 0.3 is 0 Å². The number of carbonyl (C=O) groups is 1. The zero-order valence-corrected chi connectivity index (χ0v) is 12.2. The molecule has 2 fully saturated rings. The molecule has 100 valence electrons. The quantitative estimate of drug-likeness (QED) is 0.838. The van der Waals surface area contributed by atoms with Crippen LogP contribution >= 0.6 is 15.9 Å². The summed E-state index contributed by atoms with van der Waals surface area (Å²) < 4.78 is 0.909. The van der Waals surface area contributed by atoms with Crippen LogP contribution in [0.5, 0.6) is 0 Å². The molecule has 2 aliphatic rings. The average molecular weight is 321 g/mol. The standard InChI is InChI=1S/C15H17BrN2O/c16-14-3-1-2-12(8-14)15(19)18-17-9-13-7-10-4-5-11(13)6-10/h1-3,8-11,17H,4-7H2,(H,18,19)/b13-9-/t10-,11-/m0/s1. The Morgan fingerprint density at radius 2 is 2.26 bits per heavy atom. The van der Waals surface area contributed by atoms with Gasteiger partial charge in [0.2, 0.25) is 0 Å². The van der Waals surface area contributed by atoms with E-state index in [4.69, 9.17) is 0 Å². The summed E-state index contributed by atoms with van der Waals surface area (Å²) in [6.45, 7) is 0. The first-order valence-electron chi connectivity index (χ1n) is 6.73. The van der Waals surface area contributed by atoms with Crippen molar-refractivity contribution in [1.82, 2.24) is 10.9 Å². The molecule has 4 heteroatoms. The average Bonchev–Trinajstić information content (AvgIpc) is 3.01. The van der Waals surface area contributed by atoms with Crippen LogP contribution in [0, 0.1) is 11.8 Å². The Bertz CT molecular complexity index is 527. The second-order valence-electron chi connectivity index (χ2n) is 5.41. The normalized spacial score (nSPS) is 26.7. The number of allylic oxidation sites excluding steroid dienone is 1. The predicted octanol–water partition coefficient (Wildman–Crippen LogP) is 3.39. The molecule has 3 nitrogen and oxygen atoms in total. The lowest BCUT2D eigenvalue weighted by molar-refractivity contribution is 0.0940. The van der Waals surface area contributed by atoms with Crippen LogP contribution in [-0.2, 0) is 0 Å². The van der Waals surface area contributed by atoms with Gasteiger partial charge in [-0.05, 0) is 61.3 Å². The van der Waals surface area contributed by atoms with Crippen molar-refractivity contribution in [3.63, 3.8) is 0 Å². The van der Waals surface area contributed by atoms with E-state index in [-0.39, 0.29) is 5.91 Å². The Morgan fingerprint density at radius 1 is 1.37 bits per heavy atom. The highest BCUT2D eigenvalue weighted by molar-refractivity contribution is 9.10. The Balaban J connectivity index is 1.55. The minimum absolute atomic E-state index is 0.110. The molecule has 2 aliphatic carbocycles. The highest BCUT2D eigenvalue weighted by atomic mass is 79.9. The number of hydrazine groups is 1. The third-order valence-electron chi connectivity index (χ3n) is 4.12. The number of hydrogen-bond donors (Lipinski definition) is 2. The summed E-state index contributed by atoms with van der Waals surface area (Å²) in [5.74, 6) is 1.53. The number of rotatable bonds is 3. The maximum absolute atomic E-state index is 11.9. The summed E-state index contributed by atoms with van der Waals surface area (Å²) in [4.78, 5) is 11.9. The molecule has 1 aromatic rings. The molecule has 0 aromatic heterocycles. The second kappa shape index (κ2) is 5.37. The Kier molecular flexibility index (Phi) is 3.60. The molecular weight excluding hydrogens is 304 g/mol. The molecular formula is C15H17BrN2O. The monoisotopic (exact) mass is 320 g/mol. The van der Waals surface area contributed by atoms with Crippen molar-refractivity contribution in [1.29, 1.82) is 0 Å². The smallest absolute Gasteiger partial charge is 0.269 e. The van der Waals surface area contributed by atoms with Gasteiger partial charge in [0.15, 0.2) is 0 Å². The van der Waals surface area contributed by atoms with Gasteiger partial charge in [0.05, 0.1) is 0 Å². The van der Waals surface area contributed by atoms with E-state index in [2.05, 4.69) is 26.8 Å². The number of hydrogen-bond acceptors (Lipinski definition) is 2. The van der Waals surface area contributed by atoms with E-state index >= 15 is 0 Å². The van der Waals surface area contributed by atoms with Gasteiger partial charge in [0, 0.05) is 16.2 Å². The van der Waals surface area contributed by atoms with Crippen molar-refractivity contribution in [3.05, 3.63) is 46.1 Å². The van der Waals surface area contributed by atoms with Crippen LogP contribution in [0.15, 0.2) is 40.5 Å². The van der Waals surface area contributed by atoms with Gasteiger partial charge in [-0.3, -0.25) is 10.2 Å². The number of amides is 1. The first-order valence-corrected chi connectivity index (χ1v) is 7.52. The van der Waals surface area contributed by atoms with E-state index in [0.717, 1.165) is 16.3 Å². The Morgan fingerprint density at radius 3 is 2.95 bits per heavy atom. The zero-order chi connectivity index (χ0) is 13.2. The Labute approximate surface area is 121 Å². The van der Waals surface area contributed by atoms with Gasteiger partial charge in [0.1, 0.15) is 0 Å². The van der Waals surface area contributed by atoms with Crippen LogP contribution in [0.4, 0.5) is 0 Å². The number of halogens is 1. The van der Waals surface area contributed by atoms with Crippen molar-refractivity contribution in [3.8, 4) is 0 Å². The van der Waals surface area contributed by atoms with Crippen molar-refractivity contribution >= 4 is 21.8 Å². The molecule has 2 N–H and O–H groups in total. The lowest BCUT2D eigenvalue weighted by atomic mass is 9.96. The van der Waals surface area contributed by atoms with Crippen LogP contribution in [0.1, 0.15) is 36.0 Å². The van der Waals surface area contributed by atoms with Crippen molar-refractivity contribution in [2.45, 2.75) is 25.7 Å². The van der Waals surface area contributed by atoms with Crippen LogP contribution in [-0.4, -0.2) is 5.91 Å².